The molecule has 0 aromatic carbocycles. The van der Waals surface area contributed by atoms with Crippen LogP contribution in [-0.4, -0.2) is 54.0 Å². The maximum absolute atomic E-state index is 5.50. The predicted octanol–water partition coefficient (Wildman–Crippen LogP) is 16.1. The Balaban J connectivity index is 0.000000402. The summed E-state index contributed by atoms with van der Waals surface area (Å²) in [5, 5.41) is 11.5. The van der Waals surface area contributed by atoms with E-state index >= 15 is 0 Å². The average molecular weight is 928 g/mol. The summed E-state index contributed by atoms with van der Waals surface area (Å²) in [6.07, 6.45) is 13.8. The zero-order valence-corrected chi connectivity index (χ0v) is 47.0. The normalized spacial score (nSPS) is 11.5. The first kappa shape index (κ1) is 60.3. The molecule has 0 saturated heterocycles. The van der Waals surface area contributed by atoms with E-state index in [4.69, 9.17) is 4.42 Å². The molecule has 0 aliphatic rings. The monoisotopic (exact) mass is 928 g/mol. The van der Waals surface area contributed by atoms with Gasteiger partial charge in [0.05, 0.1) is 30.1 Å². The highest BCUT2D eigenvalue weighted by Crippen LogP contribution is 2.22. The molecule has 0 aliphatic carbocycles. The van der Waals surface area contributed by atoms with E-state index in [1.54, 1.807) is 0 Å². The number of H-pyrrole nitrogens is 2. The van der Waals surface area contributed by atoms with Gasteiger partial charge in [-0.3, -0.25) is 9.78 Å². The Morgan fingerprint density at radius 2 is 1.09 bits per heavy atom. The zero-order valence-electron chi connectivity index (χ0n) is 47.0. The summed E-state index contributed by atoms with van der Waals surface area (Å²) in [7, 11) is 2.09. The minimum atomic E-state index is 0.391. The molecule has 12 nitrogen and oxygen atoms in total. The van der Waals surface area contributed by atoms with Crippen LogP contribution < -0.4 is 0 Å². The number of hydrogen-bond donors (Lipinski definition) is 2. The Kier molecular flexibility index (Phi) is 26.3. The van der Waals surface area contributed by atoms with Crippen LogP contribution in [-0.2, 0) is 7.05 Å². The molecule has 0 atom stereocenters. The number of imidazole rings is 3. The van der Waals surface area contributed by atoms with E-state index < -0.39 is 0 Å². The molecule has 6 aromatic heterocycles. The van der Waals surface area contributed by atoms with E-state index in [-0.39, 0.29) is 0 Å². The zero-order chi connectivity index (χ0) is 51.5. The van der Waals surface area contributed by atoms with Crippen molar-refractivity contribution >= 4 is 0 Å². The topological polar surface area (TPSA) is 137 Å². The number of aromatic nitrogens is 11. The van der Waals surface area contributed by atoms with Gasteiger partial charge in [0, 0.05) is 84.7 Å². The van der Waals surface area contributed by atoms with Gasteiger partial charge in [0.25, 0.3) is 0 Å². The van der Waals surface area contributed by atoms with Crippen LogP contribution in [0.3, 0.4) is 0 Å². The van der Waals surface area contributed by atoms with E-state index in [9.17, 15) is 0 Å². The smallest absolute Gasteiger partial charge is 0.196 e. The minimum absolute atomic E-state index is 0.391. The number of nitrogens with zero attached hydrogens (tertiary/aromatic N) is 9. The second-order valence-electron chi connectivity index (χ2n) is 21.4. The molecular formula is C55H97N11O. The fourth-order valence-corrected chi connectivity index (χ4v) is 6.09. The van der Waals surface area contributed by atoms with Crippen LogP contribution in [0.1, 0.15) is 295 Å². The number of nitrogens with one attached hydrogen (secondary N) is 2. The summed E-state index contributed by atoms with van der Waals surface area (Å²) in [5.41, 5.74) is 7.44. The molecule has 0 amide bonds. The fraction of sp³-hybridized carbons (Fsp3) is 0.673. The molecule has 378 valence electrons. The second kappa shape index (κ2) is 29.2. The molecule has 0 fully saturated rings. The largest absolute Gasteiger partial charge is 0.445 e. The fourth-order valence-electron chi connectivity index (χ4n) is 6.09. The highest BCUT2D eigenvalue weighted by Gasteiger charge is 2.13. The molecule has 12 heteroatoms. The van der Waals surface area contributed by atoms with Crippen molar-refractivity contribution in [3.63, 3.8) is 0 Å². The molecule has 6 rings (SSSR count). The molecular weight excluding hydrogens is 831 g/mol. The summed E-state index contributed by atoms with van der Waals surface area (Å²) in [6.45, 7) is 51.6. The van der Waals surface area contributed by atoms with E-state index in [0.717, 1.165) is 23.2 Å². The van der Waals surface area contributed by atoms with Crippen molar-refractivity contribution in [1.82, 2.24) is 54.0 Å². The van der Waals surface area contributed by atoms with Crippen molar-refractivity contribution in [2.24, 2.45) is 7.05 Å². The number of aromatic amines is 2. The van der Waals surface area contributed by atoms with Crippen LogP contribution >= 0.6 is 0 Å². The highest BCUT2D eigenvalue weighted by atomic mass is 16.4. The van der Waals surface area contributed by atoms with Gasteiger partial charge in [-0.15, -0.1) is 0 Å². The maximum Gasteiger partial charge on any atom is 0.196 e. The van der Waals surface area contributed by atoms with Crippen molar-refractivity contribution in [1.29, 1.82) is 0 Å². The lowest BCUT2D eigenvalue weighted by Gasteiger charge is -2.09. The van der Waals surface area contributed by atoms with Gasteiger partial charge in [-0.1, -0.05) is 138 Å². The third-order valence-electron chi connectivity index (χ3n) is 11.0. The van der Waals surface area contributed by atoms with Crippen molar-refractivity contribution in [2.45, 2.75) is 237 Å². The minimum Gasteiger partial charge on any atom is -0.445 e. The molecule has 2 N–H and O–H groups in total. The second-order valence-corrected chi connectivity index (χ2v) is 21.4. The van der Waals surface area contributed by atoms with Crippen molar-refractivity contribution < 1.29 is 4.42 Å². The van der Waals surface area contributed by atoms with Gasteiger partial charge < -0.3 is 18.5 Å². The van der Waals surface area contributed by atoms with E-state index in [1.807, 2.05) is 35.8 Å². The lowest BCUT2D eigenvalue weighted by molar-refractivity contribution is 0.422. The maximum atomic E-state index is 5.50. The van der Waals surface area contributed by atoms with Gasteiger partial charge in [0.2, 0.25) is 0 Å². The average Bonchev–Trinajstić information content (AvgIpc) is 4.09. The summed E-state index contributed by atoms with van der Waals surface area (Å²) in [4.78, 5) is 20.5. The van der Waals surface area contributed by atoms with Gasteiger partial charge in [-0.2, -0.15) is 10.2 Å². The number of rotatable bonds is 12. The molecule has 0 bridgehead atoms. The van der Waals surface area contributed by atoms with Crippen LogP contribution in [0.25, 0.3) is 0 Å². The molecule has 6 aromatic rings. The van der Waals surface area contributed by atoms with Crippen molar-refractivity contribution in [3.05, 3.63) is 107 Å². The Labute approximate surface area is 408 Å². The van der Waals surface area contributed by atoms with Gasteiger partial charge in [-0.05, 0) is 74.8 Å². The third-order valence-corrected chi connectivity index (χ3v) is 11.0. The predicted molar refractivity (Wildman–Crippen MR) is 283 cm³/mol. The van der Waals surface area contributed by atoms with Crippen LogP contribution in [0.15, 0.2) is 54.0 Å². The summed E-state index contributed by atoms with van der Waals surface area (Å²) < 4.78 is 11.8. The molecule has 0 spiro atoms. The third kappa shape index (κ3) is 21.0. The van der Waals surface area contributed by atoms with Crippen LogP contribution in [0.5, 0.6) is 0 Å². The Morgan fingerprint density at radius 3 is 1.36 bits per heavy atom. The van der Waals surface area contributed by atoms with Gasteiger partial charge in [0.1, 0.15) is 17.4 Å². The lowest BCUT2D eigenvalue weighted by atomic mass is 10.1. The highest BCUT2D eigenvalue weighted by molar-refractivity contribution is 5.15. The Morgan fingerprint density at radius 1 is 0.493 bits per heavy atom. The summed E-state index contributed by atoms with van der Waals surface area (Å²) >= 11 is 0. The molecule has 0 unspecified atom stereocenters. The molecule has 0 radical (unpaired) electrons. The van der Waals surface area contributed by atoms with Gasteiger partial charge >= 0.3 is 0 Å². The molecule has 67 heavy (non-hydrogen) atoms. The van der Waals surface area contributed by atoms with Crippen LogP contribution in [0.4, 0.5) is 0 Å². The van der Waals surface area contributed by atoms with E-state index in [0.29, 0.717) is 71.3 Å². The van der Waals surface area contributed by atoms with Crippen LogP contribution in [0.2, 0.25) is 0 Å². The van der Waals surface area contributed by atoms with Crippen molar-refractivity contribution in [3.8, 4) is 0 Å². The molecule has 6 heterocycles. The van der Waals surface area contributed by atoms with E-state index in [2.05, 4.69) is 241 Å². The quantitative estimate of drug-likeness (QED) is 0.125. The van der Waals surface area contributed by atoms with Gasteiger partial charge in [-0.25, -0.2) is 19.9 Å². The Bertz CT molecular complexity index is 1740. The first-order chi connectivity index (χ1) is 31.1. The van der Waals surface area contributed by atoms with E-state index in [1.165, 1.54) is 34.2 Å². The van der Waals surface area contributed by atoms with Crippen LogP contribution in [0, 0.1) is 0 Å². The Hall–Kier alpha value is -4.74. The molecule has 0 aliphatic heterocycles. The van der Waals surface area contributed by atoms with Crippen molar-refractivity contribution in [2.75, 3.05) is 0 Å². The van der Waals surface area contributed by atoms with Gasteiger partial charge in [0.15, 0.2) is 5.89 Å². The first-order valence-corrected chi connectivity index (χ1v) is 25.2. The number of hydrogen-bond acceptors (Lipinski definition) is 7. The standard InChI is InChI=1S/C10H18N2.4C9H16N2.C9H15NO/c1-7(2)9-6-11-10(8(3)4)12(9)5;1-7(2)9-5-11(6-10-9)8(3)4;1-7(2)9-5-10-11(6-9)8(3)4;1-6(2)8-5-10-9(11-8)7(3)4;1-6(2)8-5-9(7(3)4)11-10-8;1-6(2)8-5-10-9(11-8)7(3)4/h6-8H,1-5H3;2*5-8H,1-4H3;2*5-7H,1-4H3,(H,10,11);5-7H,1-4H3. The molecule has 0 saturated carbocycles. The first-order valence-electron chi connectivity index (χ1n) is 25.2. The number of oxazole rings is 1. The summed E-state index contributed by atoms with van der Waals surface area (Å²) in [5.74, 6) is 9.26. The lowest BCUT2D eigenvalue weighted by Crippen LogP contribution is -2.04. The summed E-state index contributed by atoms with van der Waals surface area (Å²) in [6, 6.07) is 3.15. The SMILES string of the molecule is CC(C)c1cc(C(C)C)[nH]n1.CC(C)c1cn(C(C)C)cn1.CC(C)c1cnc(C(C)C)[nH]1.CC(C)c1cnc(C(C)C)n1C.CC(C)c1cnc(C(C)C)o1.CC(C)c1cnn(C(C)C)c1.